The Bertz CT molecular complexity index is 798. The van der Waals surface area contributed by atoms with E-state index >= 15 is 0 Å². The molecule has 2 aromatic rings. The van der Waals surface area contributed by atoms with Crippen LogP contribution in [0, 0.1) is 23.0 Å². The molecule has 1 aromatic heterocycles. The van der Waals surface area contributed by atoms with E-state index in [-0.39, 0.29) is 0 Å². The first-order valence-corrected chi connectivity index (χ1v) is 6.38. The molecule has 126 valence electrons. The van der Waals surface area contributed by atoms with Crippen LogP contribution >= 0.6 is 0 Å². The molecule has 1 aromatic carbocycles. The molecule has 0 saturated heterocycles. The molecule has 1 heterocycles. The third-order valence-electron chi connectivity index (χ3n) is 3.06. The summed E-state index contributed by atoms with van der Waals surface area (Å²) in [5.74, 6) is -4.46. The Labute approximate surface area is 132 Å². The topological polar surface area (TPSA) is 70.7 Å². The number of aromatic nitrogens is 2. The van der Waals surface area contributed by atoms with E-state index in [1.807, 2.05) is 0 Å². The van der Waals surface area contributed by atoms with Crippen molar-refractivity contribution in [2.75, 3.05) is 0 Å². The number of nitriles is 1. The summed E-state index contributed by atoms with van der Waals surface area (Å²) in [6, 6.07) is 0.0936. The van der Waals surface area contributed by atoms with E-state index in [1.54, 1.807) is 5.32 Å². The monoisotopic (exact) mass is 344 g/mol. The first-order chi connectivity index (χ1) is 11.1. The molecule has 0 radical (unpaired) electrons. The number of amides is 1. The molecule has 24 heavy (non-hydrogen) atoms. The lowest BCUT2D eigenvalue weighted by molar-refractivity contribution is -0.155. The number of hydrogen-bond donors (Lipinski definition) is 1. The number of rotatable bonds is 3. The normalized spacial score (nSPS) is 12.5. The molecule has 2 rings (SSSR count). The molecular formula is C14H9F5N4O. The quantitative estimate of drug-likeness (QED) is 0.870. The molecule has 0 fully saturated rings. The maximum atomic E-state index is 13.8. The molecule has 5 nitrogen and oxygen atoms in total. The number of halogens is 5. The number of carbonyl (C=O) groups is 1. The summed E-state index contributed by atoms with van der Waals surface area (Å²) in [5.41, 5.74) is -2.00. The predicted molar refractivity (Wildman–Crippen MR) is 70.5 cm³/mol. The number of alkyl halides is 3. The molecule has 0 aliphatic carbocycles. The molecular weight excluding hydrogens is 335 g/mol. The summed E-state index contributed by atoms with van der Waals surface area (Å²) < 4.78 is 68.0. The smallest absolute Gasteiger partial charge is 0.336 e. The van der Waals surface area contributed by atoms with Crippen molar-refractivity contribution in [3.63, 3.8) is 0 Å². The van der Waals surface area contributed by atoms with Gasteiger partial charge < -0.3 is 5.32 Å². The highest BCUT2D eigenvalue weighted by atomic mass is 19.4. The van der Waals surface area contributed by atoms with E-state index in [1.165, 1.54) is 13.1 Å². The van der Waals surface area contributed by atoms with Crippen molar-refractivity contribution in [2.24, 2.45) is 7.05 Å². The summed E-state index contributed by atoms with van der Waals surface area (Å²) in [7, 11) is 1.37. The maximum absolute atomic E-state index is 13.8. The van der Waals surface area contributed by atoms with Gasteiger partial charge in [-0.3, -0.25) is 9.48 Å². The number of benzene rings is 1. The summed E-state index contributed by atoms with van der Waals surface area (Å²) in [6.07, 6.45) is -3.01. The third-order valence-corrected chi connectivity index (χ3v) is 3.06. The van der Waals surface area contributed by atoms with Crippen LogP contribution in [0.25, 0.3) is 0 Å². The van der Waals surface area contributed by atoms with Crippen molar-refractivity contribution in [1.82, 2.24) is 15.1 Å². The van der Waals surface area contributed by atoms with E-state index in [2.05, 4.69) is 5.10 Å². The Kier molecular flexibility index (Phi) is 4.54. The zero-order valence-electron chi connectivity index (χ0n) is 12.0. The lowest BCUT2D eigenvalue weighted by Gasteiger charge is -2.20. The summed E-state index contributed by atoms with van der Waals surface area (Å²) in [6.45, 7) is 0. The fourth-order valence-electron chi connectivity index (χ4n) is 2.00. The second kappa shape index (κ2) is 6.27. The molecule has 1 unspecified atom stereocenters. The molecule has 1 atom stereocenters. The van der Waals surface area contributed by atoms with Gasteiger partial charge in [0.25, 0.3) is 5.91 Å². The average molecular weight is 344 g/mol. The number of carbonyl (C=O) groups excluding carboxylic acids is 1. The van der Waals surface area contributed by atoms with Crippen molar-refractivity contribution in [3.05, 3.63) is 52.9 Å². The number of hydrogen-bond acceptors (Lipinski definition) is 3. The highest BCUT2D eigenvalue weighted by Gasteiger charge is 2.43. The third kappa shape index (κ3) is 3.51. The summed E-state index contributed by atoms with van der Waals surface area (Å²) in [4.78, 5) is 11.9. The number of nitrogens with zero attached hydrogens (tertiary/aromatic N) is 3. The van der Waals surface area contributed by atoms with E-state index in [0.29, 0.717) is 12.1 Å². The first-order valence-electron chi connectivity index (χ1n) is 6.38. The van der Waals surface area contributed by atoms with E-state index in [9.17, 15) is 26.7 Å². The lowest BCUT2D eigenvalue weighted by atomic mass is 10.1. The average Bonchev–Trinajstić information content (AvgIpc) is 2.88. The van der Waals surface area contributed by atoms with Crippen LogP contribution in [-0.4, -0.2) is 21.9 Å². The highest BCUT2D eigenvalue weighted by Crippen LogP contribution is 2.33. The fraction of sp³-hybridized carbons (Fsp3) is 0.214. The maximum Gasteiger partial charge on any atom is 0.413 e. The molecule has 0 aliphatic rings. The zero-order valence-corrected chi connectivity index (χ0v) is 12.0. The van der Waals surface area contributed by atoms with Crippen molar-refractivity contribution in [3.8, 4) is 6.07 Å². The van der Waals surface area contributed by atoms with Gasteiger partial charge in [-0.1, -0.05) is 0 Å². The lowest BCUT2D eigenvalue weighted by Crippen LogP contribution is -2.38. The van der Waals surface area contributed by atoms with Gasteiger partial charge in [-0.15, -0.1) is 0 Å². The molecule has 10 heteroatoms. The Morgan fingerprint density at radius 2 is 1.92 bits per heavy atom. The van der Waals surface area contributed by atoms with Crippen LogP contribution < -0.4 is 5.32 Å². The zero-order chi connectivity index (χ0) is 18.1. The second-order valence-corrected chi connectivity index (χ2v) is 4.82. The van der Waals surface area contributed by atoms with Gasteiger partial charge in [0.05, 0.1) is 17.8 Å². The van der Waals surface area contributed by atoms with Crippen molar-refractivity contribution >= 4 is 5.91 Å². The van der Waals surface area contributed by atoms with Crippen LogP contribution in [-0.2, 0) is 7.05 Å². The van der Waals surface area contributed by atoms with E-state index in [0.717, 1.165) is 17.1 Å². The van der Waals surface area contributed by atoms with Gasteiger partial charge in [0.1, 0.15) is 17.2 Å². The van der Waals surface area contributed by atoms with Crippen LogP contribution in [0.1, 0.15) is 27.5 Å². The Morgan fingerprint density at radius 3 is 2.33 bits per heavy atom. The largest absolute Gasteiger partial charge is 0.413 e. The van der Waals surface area contributed by atoms with Gasteiger partial charge >= 0.3 is 6.18 Å². The fourth-order valence-corrected chi connectivity index (χ4v) is 2.00. The minimum absolute atomic E-state index is 0.396. The first kappa shape index (κ1) is 17.4. The molecule has 1 amide bonds. The van der Waals surface area contributed by atoms with Gasteiger partial charge in [-0.25, -0.2) is 8.78 Å². The number of nitrogens with one attached hydrogen (secondary N) is 1. The van der Waals surface area contributed by atoms with Crippen LogP contribution in [0.5, 0.6) is 0 Å². The van der Waals surface area contributed by atoms with Gasteiger partial charge in [-0.05, 0) is 12.1 Å². The van der Waals surface area contributed by atoms with Crippen LogP contribution in [0.3, 0.4) is 0 Å². The summed E-state index contributed by atoms with van der Waals surface area (Å²) in [5, 5.41) is 13.7. The highest BCUT2D eigenvalue weighted by molar-refractivity contribution is 5.95. The number of aryl methyl sites for hydroxylation is 1. The molecule has 0 aliphatic heterocycles. The standard InChI is InChI=1S/C14H9F5N4O/c1-23-6-8(5-21-23)12(14(17,18)19)22-13(24)11-9(15)2-7(4-20)3-10(11)16/h2-3,5-6,12H,1H3,(H,22,24). The Morgan fingerprint density at radius 1 is 1.33 bits per heavy atom. The van der Waals surface area contributed by atoms with Gasteiger partial charge in [0.15, 0.2) is 6.04 Å². The second-order valence-electron chi connectivity index (χ2n) is 4.82. The van der Waals surface area contributed by atoms with Crippen molar-refractivity contribution in [1.29, 1.82) is 5.26 Å². The van der Waals surface area contributed by atoms with Gasteiger partial charge in [-0.2, -0.15) is 23.5 Å². The van der Waals surface area contributed by atoms with Gasteiger partial charge in [0, 0.05) is 18.8 Å². The Hall–Kier alpha value is -2.96. The van der Waals surface area contributed by atoms with Crippen LogP contribution in [0.4, 0.5) is 22.0 Å². The van der Waals surface area contributed by atoms with Crippen LogP contribution in [0.2, 0.25) is 0 Å². The molecule has 0 spiro atoms. The summed E-state index contributed by atoms with van der Waals surface area (Å²) >= 11 is 0. The minimum atomic E-state index is -4.90. The molecule has 0 bridgehead atoms. The Balaban J connectivity index is 2.38. The SMILES string of the molecule is Cn1cc(C(NC(=O)c2c(F)cc(C#N)cc2F)C(F)(F)F)cn1. The minimum Gasteiger partial charge on any atom is -0.336 e. The van der Waals surface area contributed by atoms with Crippen LogP contribution in [0.15, 0.2) is 24.5 Å². The van der Waals surface area contributed by atoms with Gasteiger partial charge in [0.2, 0.25) is 0 Å². The predicted octanol–water partition coefficient (Wildman–Crippen LogP) is 2.60. The van der Waals surface area contributed by atoms with Crippen molar-refractivity contribution in [2.45, 2.75) is 12.2 Å². The van der Waals surface area contributed by atoms with Crippen molar-refractivity contribution < 1.29 is 26.7 Å². The van der Waals surface area contributed by atoms with E-state index in [4.69, 9.17) is 5.26 Å². The molecule has 0 saturated carbocycles. The van der Waals surface area contributed by atoms with E-state index < -0.39 is 46.5 Å². The molecule has 1 N–H and O–H groups in total.